The fourth-order valence-corrected chi connectivity index (χ4v) is 2.43. The highest BCUT2D eigenvalue weighted by Gasteiger charge is 2.20. The van der Waals surface area contributed by atoms with Gasteiger partial charge in [0, 0.05) is 5.57 Å². The highest BCUT2D eigenvalue weighted by molar-refractivity contribution is 5.88. The first-order chi connectivity index (χ1) is 7.36. The highest BCUT2D eigenvalue weighted by Crippen LogP contribution is 2.23. The minimum absolute atomic E-state index is 0.0402. The number of carbonyl (C=O) groups is 1. The normalized spacial score (nSPS) is 23.3. The standard InChI is InChI=1S/C13H20O2/c14-13(11-7-3-1-4-8-11)15-12-9-5-2-6-10-12/h7,12H,1-6,8-10H2. The molecule has 2 aliphatic carbocycles. The van der Waals surface area contributed by atoms with Crippen LogP contribution < -0.4 is 0 Å². The molecule has 0 aromatic carbocycles. The number of carbonyl (C=O) groups excluding carboxylic acids is 1. The van der Waals surface area contributed by atoms with Gasteiger partial charge < -0.3 is 4.74 Å². The Kier molecular flexibility index (Phi) is 3.81. The van der Waals surface area contributed by atoms with E-state index in [0.717, 1.165) is 37.7 Å². The molecule has 0 unspecified atom stereocenters. The van der Waals surface area contributed by atoms with Crippen LogP contribution in [0.1, 0.15) is 57.8 Å². The molecule has 2 aliphatic rings. The molecule has 0 amide bonds. The van der Waals surface area contributed by atoms with Gasteiger partial charge in [-0.2, -0.15) is 0 Å². The number of rotatable bonds is 2. The predicted molar refractivity (Wildman–Crippen MR) is 59.5 cm³/mol. The van der Waals surface area contributed by atoms with E-state index in [1.54, 1.807) is 0 Å². The molecule has 0 aliphatic heterocycles. The molecule has 0 aromatic rings. The minimum atomic E-state index is -0.0402. The summed E-state index contributed by atoms with van der Waals surface area (Å²) < 4.78 is 5.52. The van der Waals surface area contributed by atoms with E-state index in [0.29, 0.717) is 0 Å². The smallest absolute Gasteiger partial charge is 0.333 e. The van der Waals surface area contributed by atoms with Crippen molar-refractivity contribution in [1.82, 2.24) is 0 Å². The molecule has 84 valence electrons. The molecule has 15 heavy (non-hydrogen) atoms. The van der Waals surface area contributed by atoms with Gasteiger partial charge in [-0.1, -0.05) is 12.5 Å². The van der Waals surface area contributed by atoms with Crippen LogP contribution in [0.25, 0.3) is 0 Å². The van der Waals surface area contributed by atoms with Crippen molar-refractivity contribution in [2.24, 2.45) is 0 Å². The lowest BCUT2D eigenvalue weighted by Crippen LogP contribution is -2.22. The molecule has 0 heterocycles. The lowest BCUT2D eigenvalue weighted by Gasteiger charge is -2.23. The molecule has 0 spiro atoms. The largest absolute Gasteiger partial charge is 0.459 e. The summed E-state index contributed by atoms with van der Waals surface area (Å²) in [5.74, 6) is -0.0402. The van der Waals surface area contributed by atoms with Crippen LogP contribution in [0.3, 0.4) is 0 Å². The van der Waals surface area contributed by atoms with E-state index in [4.69, 9.17) is 4.74 Å². The monoisotopic (exact) mass is 208 g/mol. The summed E-state index contributed by atoms with van der Waals surface area (Å²) in [6.45, 7) is 0. The maximum atomic E-state index is 11.8. The molecular weight excluding hydrogens is 188 g/mol. The third-order valence-corrected chi connectivity index (χ3v) is 3.38. The number of allylic oxidation sites excluding steroid dienone is 1. The van der Waals surface area contributed by atoms with Crippen molar-refractivity contribution in [3.05, 3.63) is 11.6 Å². The summed E-state index contributed by atoms with van der Waals surface area (Å²) in [6, 6.07) is 0. The van der Waals surface area contributed by atoms with Gasteiger partial charge in [-0.3, -0.25) is 0 Å². The number of ether oxygens (including phenoxy) is 1. The lowest BCUT2D eigenvalue weighted by molar-refractivity contribution is -0.146. The van der Waals surface area contributed by atoms with Crippen LogP contribution >= 0.6 is 0 Å². The Morgan fingerprint density at radius 1 is 1.13 bits per heavy atom. The molecule has 1 saturated carbocycles. The Morgan fingerprint density at radius 3 is 2.60 bits per heavy atom. The highest BCUT2D eigenvalue weighted by atomic mass is 16.5. The van der Waals surface area contributed by atoms with Crippen LogP contribution in [0, 0.1) is 0 Å². The zero-order chi connectivity index (χ0) is 10.5. The third-order valence-electron chi connectivity index (χ3n) is 3.38. The van der Waals surface area contributed by atoms with Crippen molar-refractivity contribution in [3.63, 3.8) is 0 Å². The zero-order valence-electron chi connectivity index (χ0n) is 9.34. The Morgan fingerprint density at radius 2 is 1.93 bits per heavy atom. The molecule has 2 nitrogen and oxygen atoms in total. The number of esters is 1. The second-order valence-corrected chi connectivity index (χ2v) is 4.64. The first-order valence-electron chi connectivity index (χ1n) is 6.26. The van der Waals surface area contributed by atoms with Crippen LogP contribution in [0.5, 0.6) is 0 Å². The van der Waals surface area contributed by atoms with E-state index >= 15 is 0 Å². The van der Waals surface area contributed by atoms with Crippen LogP contribution in [0.2, 0.25) is 0 Å². The minimum Gasteiger partial charge on any atom is -0.459 e. The second-order valence-electron chi connectivity index (χ2n) is 4.64. The summed E-state index contributed by atoms with van der Waals surface area (Å²) >= 11 is 0. The van der Waals surface area contributed by atoms with Gasteiger partial charge in [0.05, 0.1) is 0 Å². The molecule has 2 heteroatoms. The Hall–Kier alpha value is -0.790. The molecule has 0 aromatic heterocycles. The van der Waals surface area contributed by atoms with Crippen LogP contribution in [-0.2, 0) is 9.53 Å². The van der Waals surface area contributed by atoms with E-state index < -0.39 is 0 Å². The number of hydrogen-bond donors (Lipinski definition) is 0. The Labute approximate surface area is 91.7 Å². The van der Waals surface area contributed by atoms with E-state index in [1.807, 2.05) is 0 Å². The molecule has 0 saturated heterocycles. The number of hydrogen-bond acceptors (Lipinski definition) is 2. The van der Waals surface area contributed by atoms with Gasteiger partial charge in [0.25, 0.3) is 0 Å². The topological polar surface area (TPSA) is 26.3 Å². The maximum absolute atomic E-state index is 11.8. The first-order valence-corrected chi connectivity index (χ1v) is 6.26. The van der Waals surface area contributed by atoms with Gasteiger partial charge in [-0.25, -0.2) is 4.79 Å². The molecule has 1 fully saturated rings. The summed E-state index contributed by atoms with van der Waals surface area (Å²) in [7, 11) is 0. The fraction of sp³-hybridized carbons (Fsp3) is 0.769. The molecule has 0 N–H and O–H groups in total. The van der Waals surface area contributed by atoms with Crippen molar-refractivity contribution < 1.29 is 9.53 Å². The quantitative estimate of drug-likeness (QED) is 0.650. The van der Waals surface area contributed by atoms with Crippen molar-refractivity contribution in [2.75, 3.05) is 0 Å². The van der Waals surface area contributed by atoms with Crippen LogP contribution in [0.15, 0.2) is 11.6 Å². The van der Waals surface area contributed by atoms with Gasteiger partial charge in [-0.15, -0.1) is 0 Å². The van der Waals surface area contributed by atoms with E-state index in [9.17, 15) is 4.79 Å². The zero-order valence-corrected chi connectivity index (χ0v) is 9.34. The summed E-state index contributed by atoms with van der Waals surface area (Å²) in [5.41, 5.74) is 0.923. The molecule has 0 bridgehead atoms. The van der Waals surface area contributed by atoms with Gasteiger partial charge in [0.2, 0.25) is 0 Å². The van der Waals surface area contributed by atoms with E-state index in [-0.39, 0.29) is 12.1 Å². The van der Waals surface area contributed by atoms with E-state index in [2.05, 4.69) is 6.08 Å². The average Bonchev–Trinajstić information content (AvgIpc) is 2.31. The Bertz CT molecular complexity index is 249. The van der Waals surface area contributed by atoms with Gasteiger partial charge in [0.1, 0.15) is 6.10 Å². The second kappa shape index (κ2) is 5.34. The van der Waals surface area contributed by atoms with Crippen LogP contribution in [0.4, 0.5) is 0 Å². The molecule has 0 radical (unpaired) electrons. The molecule has 2 rings (SSSR count). The Balaban J connectivity index is 1.82. The van der Waals surface area contributed by atoms with E-state index in [1.165, 1.54) is 25.7 Å². The average molecular weight is 208 g/mol. The maximum Gasteiger partial charge on any atom is 0.333 e. The van der Waals surface area contributed by atoms with Crippen molar-refractivity contribution >= 4 is 5.97 Å². The molecule has 0 atom stereocenters. The third kappa shape index (κ3) is 3.08. The van der Waals surface area contributed by atoms with Crippen molar-refractivity contribution in [3.8, 4) is 0 Å². The van der Waals surface area contributed by atoms with Gasteiger partial charge in [-0.05, 0) is 51.4 Å². The summed E-state index contributed by atoms with van der Waals surface area (Å²) in [6.07, 6.45) is 12.5. The summed E-state index contributed by atoms with van der Waals surface area (Å²) in [5, 5.41) is 0. The van der Waals surface area contributed by atoms with Crippen molar-refractivity contribution in [2.45, 2.75) is 63.9 Å². The lowest BCUT2D eigenvalue weighted by atomic mass is 9.97. The summed E-state index contributed by atoms with van der Waals surface area (Å²) in [4.78, 5) is 11.8. The fourth-order valence-electron chi connectivity index (χ4n) is 2.43. The SMILES string of the molecule is O=C(OC1CCCCC1)C1=CCCCC1. The van der Waals surface area contributed by atoms with Crippen molar-refractivity contribution in [1.29, 1.82) is 0 Å². The van der Waals surface area contributed by atoms with Gasteiger partial charge in [0.15, 0.2) is 0 Å². The first kappa shape index (κ1) is 10.7. The van der Waals surface area contributed by atoms with Crippen LogP contribution in [-0.4, -0.2) is 12.1 Å². The van der Waals surface area contributed by atoms with Gasteiger partial charge >= 0.3 is 5.97 Å². The predicted octanol–water partition coefficient (Wildman–Crippen LogP) is 3.36. The molecular formula is C13H20O2.